The molecule has 8 heteroatoms. The van der Waals surface area contributed by atoms with Crippen LogP contribution in [0.5, 0.6) is 0 Å². The van der Waals surface area contributed by atoms with Gasteiger partial charge in [0.2, 0.25) is 5.91 Å². The predicted molar refractivity (Wildman–Crippen MR) is 92.1 cm³/mol. The van der Waals surface area contributed by atoms with Gasteiger partial charge >= 0.3 is 0 Å². The van der Waals surface area contributed by atoms with Gasteiger partial charge in [-0.1, -0.05) is 11.8 Å². The smallest absolute Gasteiger partial charge is 0.232 e. The number of rotatable bonds is 6. The predicted octanol–water partition coefficient (Wildman–Crippen LogP) is 1.94. The molecule has 0 spiro atoms. The van der Waals surface area contributed by atoms with Gasteiger partial charge in [-0.3, -0.25) is 4.79 Å². The summed E-state index contributed by atoms with van der Waals surface area (Å²) < 4.78 is 7.41. The first-order valence-corrected chi connectivity index (χ1v) is 9.29. The Morgan fingerprint density at radius 1 is 1.42 bits per heavy atom. The van der Waals surface area contributed by atoms with E-state index in [1.165, 1.54) is 18.2 Å². The molecule has 0 radical (unpaired) electrons. The fraction of sp³-hybridized carbons (Fsp3) is 0.625. The van der Waals surface area contributed by atoms with Gasteiger partial charge < -0.3 is 9.64 Å². The number of fused-ring (bicyclic) bond motifs is 1. The number of amides is 1. The second-order valence-corrected chi connectivity index (χ2v) is 7.07. The highest BCUT2D eigenvalue weighted by Gasteiger charge is 2.16. The zero-order valence-electron chi connectivity index (χ0n) is 14.1. The summed E-state index contributed by atoms with van der Waals surface area (Å²) in [7, 11) is 1.85. The number of ether oxygens (including phenoxy) is 1. The molecule has 0 saturated carbocycles. The molecule has 1 aliphatic heterocycles. The molecule has 1 atom stereocenters. The van der Waals surface area contributed by atoms with Crippen LogP contribution in [0.2, 0.25) is 0 Å². The van der Waals surface area contributed by atoms with Crippen LogP contribution in [0.3, 0.4) is 0 Å². The maximum Gasteiger partial charge on any atom is 0.232 e. The summed E-state index contributed by atoms with van der Waals surface area (Å²) in [6.45, 7) is 3.45. The van der Waals surface area contributed by atoms with Gasteiger partial charge in [0.1, 0.15) is 5.03 Å². The second kappa shape index (κ2) is 7.94. The molecule has 3 rings (SSSR count). The summed E-state index contributed by atoms with van der Waals surface area (Å²) in [5.74, 6) is 1.23. The maximum atomic E-state index is 12.3. The summed E-state index contributed by atoms with van der Waals surface area (Å²) in [6.07, 6.45) is 4.72. The van der Waals surface area contributed by atoms with E-state index in [2.05, 4.69) is 15.3 Å². The molecule has 130 valence electrons. The first kappa shape index (κ1) is 17.2. The number of aromatic nitrogens is 4. The fourth-order valence-electron chi connectivity index (χ4n) is 2.70. The van der Waals surface area contributed by atoms with Crippen LogP contribution in [-0.2, 0) is 9.53 Å². The lowest BCUT2D eigenvalue weighted by Gasteiger charge is -2.25. The van der Waals surface area contributed by atoms with Crippen molar-refractivity contribution in [3.8, 4) is 0 Å². The largest absolute Gasteiger partial charge is 0.378 e. The van der Waals surface area contributed by atoms with Crippen molar-refractivity contribution in [1.82, 2.24) is 24.7 Å². The van der Waals surface area contributed by atoms with Crippen LogP contribution in [0.1, 0.15) is 31.5 Å². The zero-order chi connectivity index (χ0) is 16.9. The molecule has 1 amide bonds. The van der Waals surface area contributed by atoms with Crippen LogP contribution in [0, 0.1) is 6.92 Å². The highest BCUT2D eigenvalue weighted by Crippen LogP contribution is 2.18. The van der Waals surface area contributed by atoms with Crippen molar-refractivity contribution >= 4 is 23.3 Å². The average Bonchev–Trinajstić information content (AvgIpc) is 2.99. The van der Waals surface area contributed by atoms with Crippen LogP contribution in [0.4, 0.5) is 0 Å². The van der Waals surface area contributed by atoms with Crippen molar-refractivity contribution < 1.29 is 9.53 Å². The highest BCUT2D eigenvalue weighted by atomic mass is 32.2. The zero-order valence-corrected chi connectivity index (χ0v) is 15.0. The van der Waals surface area contributed by atoms with Gasteiger partial charge in [-0.25, -0.2) is 0 Å². The van der Waals surface area contributed by atoms with Crippen LogP contribution >= 0.6 is 11.8 Å². The normalized spacial score (nSPS) is 18.0. The van der Waals surface area contributed by atoms with Gasteiger partial charge in [-0.05, 0) is 44.7 Å². The van der Waals surface area contributed by atoms with Gasteiger partial charge in [0.05, 0.1) is 11.9 Å². The average molecular weight is 349 g/mol. The molecule has 0 N–H and O–H groups in total. The van der Waals surface area contributed by atoms with Gasteiger partial charge in [0, 0.05) is 20.2 Å². The summed E-state index contributed by atoms with van der Waals surface area (Å²) >= 11 is 1.44. The van der Waals surface area contributed by atoms with Crippen LogP contribution in [-0.4, -0.2) is 62.7 Å². The first-order chi connectivity index (χ1) is 11.6. The number of thioether (sulfide) groups is 1. The third kappa shape index (κ3) is 4.24. The van der Waals surface area contributed by atoms with E-state index < -0.39 is 0 Å². The Hall–Kier alpha value is -1.67. The Balaban J connectivity index is 1.47. The minimum atomic E-state index is 0.109. The molecular weight excluding hydrogens is 326 g/mol. The molecular formula is C16H23N5O2S. The van der Waals surface area contributed by atoms with E-state index in [1.807, 2.05) is 26.1 Å². The molecule has 7 nitrogen and oxygen atoms in total. The number of carbonyl (C=O) groups is 1. The van der Waals surface area contributed by atoms with E-state index in [0.29, 0.717) is 17.5 Å². The lowest BCUT2D eigenvalue weighted by molar-refractivity contribution is -0.127. The van der Waals surface area contributed by atoms with Crippen molar-refractivity contribution in [1.29, 1.82) is 0 Å². The van der Waals surface area contributed by atoms with E-state index in [0.717, 1.165) is 43.3 Å². The molecule has 2 aromatic rings. The van der Waals surface area contributed by atoms with Crippen molar-refractivity contribution in [2.75, 3.05) is 26.0 Å². The van der Waals surface area contributed by atoms with Crippen molar-refractivity contribution in [3.05, 3.63) is 18.0 Å². The van der Waals surface area contributed by atoms with Crippen molar-refractivity contribution in [2.24, 2.45) is 0 Å². The number of nitrogens with zero attached hydrogens (tertiary/aromatic N) is 5. The van der Waals surface area contributed by atoms with Crippen molar-refractivity contribution in [2.45, 2.75) is 43.7 Å². The Labute approximate surface area is 145 Å². The van der Waals surface area contributed by atoms with Gasteiger partial charge in [0.25, 0.3) is 0 Å². The lowest BCUT2D eigenvalue weighted by atomic mass is 10.1. The van der Waals surface area contributed by atoms with Gasteiger partial charge in [0.15, 0.2) is 11.5 Å². The van der Waals surface area contributed by atoms with E-state index >= 15 is 0 Å². The molecule has 3 heterocycles. The molecule has 0 aromatic carbocycles. The molecule has 1 unspecified atom stereocenters. The summed E-state index contributed by atoms with van der Waals surface area (Å²) in [4.78, 5) is 14.1. The van der Waals surface area contributed by atoms with E-state index in [-0.39, 0.29) is 5.91 Å². The summed E-state index contributed by atoms with van der Waals surface area (Å²) in [5.41, 5.74) is 0.716. The molecule has 24 heavy (non-hydrogen) atoms. The standard InChI is InChI=1S/C16H23N5O2S/c1-12-17-18-14-6-7-15(19-21(12)14)24-11-16(22)20(2)9-8-13-5-3-4-10-23-13/h6-7,13H,3-5,8-11H2,1-2H3. The third-order valence-electron chi connectivity index (χ3n) is 4.22. The number of aryl methyl sites for hydroxylation is 1. The number of hydrogen-bond donors (Lipinski definition) is 0. The fourth-order valence-corrected chi connectivity index (χ4v) is 3.49. The lowest BCUT2D eigenvalue weighted by Crippen LogP contribution is -2.32. The van der Waals surface area contributed by atoms with Crippen molar-refractivity contribution in [3.63, 3.8) is 0 Å². The maximum absolute atomic E-state index is 12.3. The molecule has 1 aliphatic rings. The van der Waals surface area contributed by atoms with Crippen LogP contribution < -0.4 is 0 Å². The SMILES string of the molecule is Cc1nnc2ccc(SCC(=O)N(C)CCC3CCCCO3)nn12. The molecule has 2 aromatic heterocycles. The second-order valence-electron chi connectivity index (χ2n) is 6.07. The Morgan fingerprint density at radius 3 is 3.08 bits per heavy atom. The molecule has 0 aliphatic carbocycles. The molecule has 0 bridgehead atoms. The van der Waals surface area contributed by atoms with Gasteiger partial charge in [-0.2, -0.15) is 9.61 Å². The summed E-state index contributed by atoms with van der Waals surface area (Å²) in [6, 6.07) is 3.74. The minimum absolute atomic E-state index is 0.109. The third-order valence-corrected chi connectivity index (χ3v) is 5.13. The summed E-state index contributed by atoms with van der Waals surface area (Å²) in [5, 5.41) is 13.2. The highest BCUT2D eigenvalue weighted by molar-refractivity contribution is 7.99. The molecule has 1 saturated heterocycles. The van der Waals surface area contributed by atoms with E-state index in [1.54, 1.807) is 9.42 Å². The number of carbonyl (C=O) groups excluding carboxylic acids is 1. The van der Waals surface area contributed by atoms with E-state index in [9.17, 15) is 4.79 Å². The number of hydrogen-bond acceptors (Lipinski definition) is 6. The Morgan fingerprint density at radius 2 is 2.29 bits per heavy atom. The first-order valence-electron chi connectivity index (χ1n) is 8.31. The Kier molecular flexibility index (Phi) is 5.68. The molecule has 1 fully saturated rings. The monoisotopic (exact) mass is 349 g/mol. The topological polar surface area (TPSA) is 72.6 Å². The van der Waals surface area contributed by atoms with Crippen LogP contribution in [0.15, 0.2) is 17.2 Å². The Bertz CT molecular complexity index is 699. The quantitative estimate of drug-likeness (QED) is 0.742. The van der Waals surface area contributed by atoms with E-state index in [4.69, 9.17) is 4.74 Å². The van der Waals surface area contributed by atoms with Crippen LogP contribution in [0.25, 0.3) is 5.65 Å². The van der Waals surface area contributed by atoms with Gasteiger partial charge in [-0.15, -0.1) is 10.2 Å². The minimum Gasteiger partial charge on any atom is -0.378 e.